The van der Waals surface area contributed by atoms with Crippen LogP contribution in [0.5, 0.6) is 5.75 Å². The minimum absolute atomic E-state index is 0.383. The van der Waals surface area contributed by atoms with Gasteiger partial charge in [0.2, 0.25) is 0 Å². The van der Waals surface area contributed by atoms with E-state index in [2.05, 4.69) is 4.98 Å². The van der Waals surface area contributed by atoms with Crippen LogP contribution >= 0.6 is 11.3 Å². The van der Waals surface area contributed by atoms with Gasteiger partial charge in [-0.15, -0.1) is 11.3 Å². The molecular formula is C17H21NO3S. The van der Waals surface area contributed by atoms with Crippen molar-refractivity contribution in [2.75, 3.05) is 6.61 Å². The molecule has 118 valence electrons. The predicted octanol–water partition coefficient (Wildman–Crippen LogP) is 4.11. The summed E-state index contributed by atoms with van der Waals surface area (Å²) >= 11 is 1.30. The summed E-state index contributed by atoms with van der Waals surface area (Å²) in [6.07, 6.45) is 3.34. The number of carboxylic acid groups (broad SMARTS) is 1. The normalized spacial score (nSPS) is 10.6. The van der Waals surface area contributed by atoms with Crippen LogP contribution in [-0.2, 0) is 12.8 Å². The topological polar surface area (TPSA) is 59.4 Å². The smallest absolute Gasteiger partial charge is 0.347 e. The number of ether oxygens (including phenoxy) is 1. The summed E-state index contributed by atoms with van der Waals surface area (Å²) in [6.45, 7) is 4.63. The number of thiazole rings is 1. The van der Waals surface area contributed by atoms with Crippen LogP contribution in [0.3, 0.4) is 0 Å². The van der Waals surface area contributed by atoms with Crippen LogP contribution in [0.15, 0.2) is 24.3 Å². The first-order chi connectivity index (χ1) is 10.6. The highest BCUT2D eigenvalue weighted by molar-refractivity contribution is 7.13. The number of nitrogens with zero attached hydrogens (tertiary/aromatic N) is 1. The number of hydrogen-bond acceptors (Lipinski definition) is 4. The van der Waals surface area contributed by atoms with Gasteiger partial charge in [-0.3, -0.25) is 0 Å². The Balaban J connectivity index is 1.77. The molecule has 0 atom stereocenters. The van der Waals surface area contributed by atoms with Crippen molar-refractivity contribution in [1.29, 1.82) is 0 Å². The highest BCUT2D eigenvalue weighted by Gasteiger charge is 2.15. The van der Waals surface area contributed by atoms with Crippen LogP contribution in [0.25, 0.3) is 0 Å². The third kappa shape index (κ3) is 4.31. The lowest BCUT2D eigenvalue weighted by Gasteiger charge is -2.08. The number of benzene rings is 1. The Labute approximate surface area is 134 Å². The molecule has 1 heterocycles. The average Bonchev–Trinajstić information content (AvgIpc) is 2.92. The fourth-order valence-corrected chi connectivity index (χ4v) is 3.23. The standard InChI is InChI=1S/C17H21NO3S/c1-3-13-16(17(19)20)22-15(18-13)10-6-7-11-21-14-9-5-4-8-12(14)2/h4-5,8-9H,3,6-7,10-11H2,1-2H3,(H,19,20). The summed E-state index contributed by atoms with van der Waals surface area (Å²) in [5.41, 5.74) is 1.84. The monoisotopic (exact) mass is 319 g/mol. The second-order valence-corrected chi connectivity index (χ2v) is 6.20. The summed E-state index contributed by atoms with van der Waals surface area (Å²) in [7, 11) is 0. The first kappa shape index (κ1) is 16.5. The zero-order chi connectivity index (χ0) is 15.9. The fourth-order valence-electron chi connectivity index (χ4n) is 2.19. The van der Waals surface area contributed by atoms with Crippen molar-refractivity contribution < 1.29 is 14.6 Å². The molecule has 0 fully saturated rings. The molecule has 0 aliphatic rings. The second-order valence-electron chi connectivity index (χ2n) is 5.11. The van der Waals surface area contributed by atoms with Gasteiger partial charge in [-0.2, -0.15) is 0 Å². The van der Waals surface area contributed by atoms with E-state index >= 15 is 0 Å². The van der Waals surface area contributed by atoms with Gasteiger partial charge in [0.1, 0.15) is 10.6 Å². The summed E-state index contributed by atoms with van der Waals surface area (Å²) in [5.74, 6) is 0.0571. The number of para-hydroxylation sites is 1. The van der Waals surface area contributed by atoms with Crippen LogP contribution < -0.4 is 4.74 Å². The molecule has 0 bridgehead atoms. The average molecular weight is 319 g/mol. The molecule has 0 radical (unpaired) electrons. The molecule has 5 heteroatoms. The number of aromatic nitrogens is 1. The van der Waals surface area contributed by atoms with E-state index in [9.17, 15) is 4.79 Å². The molecule has 0 spiro atoms. The van der Waals surface area contributed by atoms with Crippen molar-refractivity contribution in [3.63, 3.8) is 0 Å². The Morgan fingerprint density at radius 3 is 2.73 bits per heavy atom. The molecule has 0 saturated carbocycles. The quantitative estimate of drug-likeness (QED) is 0.744. The summed E-state index contributed by atoms with van der Waals surface area (Å²) in [4.78, 5) is 15.9. The Morgan fingerprint density at radius 2 is 2.09 bits per heavy atom. The molecular weight excluding hydrogens is 298 g/mol. The lowest BCUT2D eigenvalue weighted by atomic mass is 10.2. The number of aryl methyl sites for hydroxylation is 3. The maximum Gasteiger partial charge on any atom is 0.347 e. The molecule has 2 aromatic rings. The van der Waals surface area contributed by atoms with Crippen LogP contribution in [0.1, 0.15) is 45.7 Å². The van der Waals surface area contributed by atoms with E-state index in [0.717, 1.165) is 35.6 Å². The maximum absolute atomic E-state index is 11.1. The van der Waals surface area contributed by atoms with Gasteiger partial charge >= 0.3 is 5.97 Å². The molecule has 0 aliphatic heterocycles. The number of aromatic carboxylic acids is 1. The van der Waals surface area contributed by atoms with Crippen LogP contribution in [0.4, 0.5) is 0 Å². The van der Waals surface area contributed by atoms with E-state index in [-0.39, 0.29) is 0 Å². The molecule has 0 unspecified atom stereocenters. The minimum Gasteiger partial charge on any atom is -0.493 e. The van der Waals surface area contributed by atoms with Crippen LogP contribution in [0, 0.1) is 6.92 Å². The van der Waals surface area contributed by atoms with Crippen molar-refractivity contribution in [1.82, 2.24) is 4.98 Å². The maximum atomic E-state index is 11.1. The van der Waals surface area contributed by atoms with Crippen molar-refractivity contribution in [2.24, 2.45) is 0 Å². The van der Waals surface area contributed by atoms with Gasteiger partial charge in [0.05, 0.1) is 17.3 Å². The van der Waals surface area contributed by atoms with Gasteiger partial charge in [-0.25, -0.2) is 9.78 Å². The largest absolute Gasteiger partial charge is 0.493 e. The lowest BCUT2D eigenvalue weighted by Crippen LogP contribution is -1.99. The van der Waals surface area contributed by atoms with Gasteiger partial charge in [0.15, 0.2) is 0 Å². The molecule has 0 aliphatic carbocycles. The Bertz CT molecular complexity index is 637. The van der Waals surface area contributed by atoms with E-state index in [4.69, 9.17) is 9.84 Å². The molecule has 0 saturated heterocycles. The highest BCUT2D eigenvalue weighted by atomic mass is 32.1. The molecule has 2 rings (SSSR count). The van der Waals surface area contributed by atoms with Gasteiger partial charge in [0, 0.05) is 0 Å². The van der Waals surface area contributed by atoms with E-state index in [1.54, 1.807) is 0 Å². The fraction of sp³-hybridized carbons (Fsp3) is 0.412. The third-order valence-electron chi connectivity index (χ3n) is 3.41. The summed E-state index contributed by atoms with van der Waals surface area (Å²) in [6, 6.07) is 7.97. The first-order valence-corrected chi connectivity index (χ1v) is 8.33. The van der Waals surface area contributed by atoms with Gasteiger partial charge in [-0.1, -0.05) is 25.1 Å². The van der Waals surface area contributed by atoms with Crippen LogP contribution in [-0.4, -0.2) is 22.7 Å². The predicted molar refractivity (Wildman–Crippen MR) is 88.1 cm³/mol. The van der Waals surface area contributed by atoms with Crippen molar-refractivity contribution in [3.05, 3.63) is 45.4 Å². The summed E-state index contributed by atoms with van der Waals surface area (Å²) < 4.78 is 5.75. The summed E-state index contributed by atoms with van der Waals surface area (Å²) in [5, 5.41) is 10.0. The minimum atomic E-state index is -0.872. The first-order valence-electron chi connectivity index (χ1n) is 7.52. The number of rotatable bonds is 8. The van der Waals surface area contributed by atoms with E-state index in [1.165, 1.54) is 11.3 Å². The van der Waals surface area contributed by atoms with Crippen molar-refractivity contribution in [2.45, 2.75) is 39.5 Å². The molecule has 22 heavy (non-hydrogen) atoms. The number of carboxylic acids is 1. The lowest BCUT2D eigenvalue weighted by molar-refractivity contribution is 0.0701. The molecule has 4 nitrogen and oxygen atoms in total. The third-order valence-corrected chi connectivity index (χ3v) is 4.55. The second kappa shape index (κ2) is 7.94. The van der Waals surface area contributed by atoms with E-state index < -0.39 is 5.97 Å². The highest BCUT2D eigenvalue weighted by Crippen LogP contribution is 2.21. The SMILES string of the molecule is CCc1nc(CCCCOc2ccccc2C)sc1C(=O)O. The zero-order valence-corrected chi connectivity index (χ0v) is 13.8. The molecule has 1 aromatic heterocycles. The molecule has 1 aromatic carbocycles. The number of unbranched alkanes of at least 4 members (excludes halogenated alkanes) is 1. The Morgan fingerprint density at radius 1 is 1.32 bits per heavy atom. The van der Waals surface area contributed by atoms with Crippen LogP contribution in [0.2, 0.25) is 0 Å². The van der Waals surface area contributed by atoms with Gasteiger partial charge in [-0.05, 0) is 44.2 Å². The Kier molecular flexibility index (Phi) is 5.95. The molecule has 1 N–H and O–H groups in total. The molecule has 0 amide bonds. The van der Waals surface area contributed by atoms with E-state index in [0.29, 0.717) is 23.6 Å². The van der Waals surface area contributed by atoms with Crippen molar-refractivity contribution in [3.8, 4) is 5.75 Å². The number of hydrogen-bond donors (Lipinski definition) is 1. The van der Waals surface area contributed by atoms with Gasteiger partial charge in [0.25, 0.3) is 0 Å². The van der Waals surface area contributed by atoms with Crippen molar-refractivity contribution >= 4 is 17.3 Å². The number of carbonyl (C=O) groups is 1. The van der Waals surface area contributed by atoms with Gasteiger partial charge < -0.3 is 9.84 Å². The zero-order valence-electron chi connectivity index (χ0n) is 13.0. The van der Waals surface area contributed by atoms with E-state index in [1.807, 2.05) is 38.1 Å². The Hall–Kier alpha value is -1.88.